The molecule has 1 fully saturated rings. The van der Waals surface area contributed by atoms with E-state index in [1.165, 1.54) is 4.31 Å². The van der Waals surface area contributed by atoms with E-state index in [4.69, 9.17) is 10.5 Å². The Balaban J connectivity index is 0.00000312. The molecule has 1 heterocycles. The molecule has 0 amide bonds. The molecular weight excluding hydrogens is 381 g/mol. The van der Waals surface area contributed by atoms with Crippen molar-refractivity contribution >= 4 is 22.4 Å². The van der Waals surface area contributed by atoms with Gasteiger partial charge in [-0.3, -0.25) is 0 Å². The van der Waals surface area contributed by atoms with Gasteiger partial charge in [0.25, 0.3) is 0 Å². The zero-order valence-electron chi connectivity index (χ0n) is 13.5. The van der Waals surface area contributed by atoms with Gasteiger partial charge in [-0.2, -0.15) is 17.5 Å². The number of ether oxygens (including phenoxy) is 1. The molecule has 1 aliphatic heterocycles. The number of rotatable bonds is 6. The van der Waals surface area contributed by atoms with Crippen molar-refractivity contribution < 1.29 is 26.3 Å². The van der Waals surface area contributed by atoms with Crippen LogP contribution in [-0.4, -0.2) is 45.1 Å². The van der Waals surface area contributed by atoms with Crippen LogP contribution in [0.2, 0.25) is 0 Å². The van der Waals surface area contributed by atoms with Crippen LogP contribution in [0.4, 0.5) is 13.2 Å². The van der Waals surface area contributed by atoms with Gasteiger partial charge in [-0.25, -0.2) is 8.42 Å². The lowest BCUT2D eigenvalue weighted by Crippen LogP contribution is -2.41. The first-order valence-corrected chi connectivity index (χ1v) is 9.18. The molecule has 0 aliphatic carbocycles. The van der Waals surface area contributed by atoms with Gasteiger partial charge in [-0.05, 0) is 50.1 Å². The summed E-state index contributed by atoms with van der Waals surface area (Å²) in [7, 11) is -3.78. The number of piperidine rings is 1. The highest BCUT2D eigenvalue weighted by Gasteiger charge is 2.33. The molecule has 25 heavy (non-hydrogen) atoms. The first-order valence-electron chi connectivity index (χ1n) is 7.74. The maximum absolute atomic E-state index is 12.6. The minimum Gasteiger partial charge on any atom is -0.378 e. The summed E-state index contributed by atoms with van der Waals surface area (Å²) in [6, 6.07) is 3.58. The summed E-state index contributed by atoms with van der Waals surface area (Å²) in [6.45, 7) is 1.67. The van der Waals surface area contributed by atoms with Gasteiger partial charge < -0.3 is 10.5 Å². The molecule has 2 N–H and O–H groups in total. The maximum atomic E-state index is 12.6. The summed E-state index contributed by atoms with van der Waals surface area (Å²) < 4.78 is 69.6. The highest BCUT2D eigenvalue weighted by molar-refractivity contribution is 7.89. The van der Waals surface area contributed by atoms with E-state index in [1.807, 2.05) is 0 Å². The summed E-state index contributed by atoms with van der Waals surface area (Å²) >= 11 is 0. The number of nitrogens with two attached hydrogens (primary N) is 1. The molecule has 1 aromatic carbocycles. The van der Waals surface area contributed by atoms with E-state index in [-0.39, 0.29) is 36.5 Å². The number of halogens is 4. The number of hydrogen-bond acceptors (Lipinski definition) is 4. The molecular formula is C15H22ClF3N2O3S. The Kier molecular flexibility index (Phi) is 8.14. The van der Waals surface area contributed by atoms with Gasteiger partial charge in [-0.15, -0.1) is 12.4 Å². The van der Waals surface area contributed by atoms with Crippen LogP contribution >= 0.6 is 12.4 Å². The summed E-state index contributed by atoms with van der Waals surface area (Å²) in [5.74, 6) is 0. The second-order valence-electron chi connectivity index (χ2n) is 5.64. The fraction of sp³-hybridized carbons (Fsp3) is 0.600. The van der Waals surface area contributed by atoms with Crippen molar-refractivity contribution in [1.82, 2.24) is 4.31 Å². The largest absolute Gasteiger partial charge is 0.416 e. The molecule has 0 unspecified atom stereocenters. The molecule has 5 nitrogen and oxygen atoms in total. The van der Waals surface area contributed by atoms with Crippen LogP contribution in [0.25, 0.3) is 0 Å². The molecule has 0 saturated carbocycles. The van der Waals surface area contributed by atoms with E-state index in [0.717, 1.165) is 30.7 Å². The minimum atomic E-state index is -4.48. The fourth-order valence-electron chi connectivity index (χ4n) is 2.54. The van der Waals surface area contributed by atoms with E-state index >= 15 is 0 Å². The first kappa shape index (κ1) is 22.2. The predicted molar refractivity (Wildman–Crippen MR) is 90.1 cm³/mol. The molecule has 1 aromatic rings. The summed E-state index contributed by atoms with van der Waals surface area (Å²) in [4.78, 5) is -0.127. The van der Waals surface area contributed by atoms with Gasteiger partial charge in [-0.1, -0.05) is 0 Å². The standard InChI is InChI=1S/C15H21F3N2O3S.ClH/c16-15(17,18)12-2-4-14(5-3-12)24(21,22)20-9-6-13(7-10-20)23-11-1-8-19;/h2-5,13H,1,6-11,19H2;1H. The normalized spacial score (nSPS) is 17.3. The molecule has 0 spiro atoms. The maximum Gasteiger partial charge on any atom is 0.416 e. The third-order valence-corrected chi connectivity index (χ3v) is 5.84. The highest BCUT2D eigenvalue weighted by Crippen LogP contribution is 2.30. The Morgan fingerprint density at radius 2 is 1.72 bits per heavy atom. The molecule has 10 heteroatoms. The van der Waals surface area contributed by atoms with Crippen LogP contribution in [0.1, 0.15) is 24.8 Å². The number of alkyl halides is 3. The topological polar surface area (TPSA) is 72.6 Å². The summed E-state index contributed by atoms with van der Waals surface area (Å²) in [5, 5.41) is 0. The average molecular weight is 403 g/mol. The van der Waals surface area contributed by atoms with Crippen molar-refractivity contribution in [2.75, 3.05) is 26.2 Å². The number of nitrogens with zero attached hydrogens (tertiary/aromatic N) is 1. The van der Waals surface area contributed by atoms with Crippen molar-refractivity contribution in [3.8, 4) is 0 Å². The van der Waals surface area contributed by atoms with Crippen molar-refractivity contribution in [3.05, 3.63) is 29.8 Å². The van der Waals surface area contributed by atoms with Gasteiger partial charge in [0.05, 0.1) is 16.6 Å². The molecule has 144 valence electrons. The predicted octanol–water partition coefficient (Wildman–Crippen LogP) is 2.65. The van der Waals surface area contributed by atoms with E-state index < -0.39 is 21.8 Å². The smallest absolute Gasteiger partial charge is 0.378 e. The van der Waals surface area contributed by atoms with Crippen LogP contribution in [0.3, 0.4) is 0 Å². The zero-order valence-corrected chi connectivity index (χ0v) is 15.2. The molecule has 0 bridgehead atoms. The third kappa shape index (κ3) is 5.82. The lowest BCUT2D eigenvalue weighted by atomic mass is 10.1. The minimum absolute atomic E-state index is 0. The lowest BCUT2D eigenvalue weighted by molar-refractivity contribution is -0.137. The Labute approximate surface area is 151 Å². The van der Waals surface area contributed by atoms with E-state index in [1.54, 1.807) is 0 Å². The van der Waals surface area contributed by atoms with E-state index in [0.29, 0.717) is 26.0 Å². The Bertz CT molecular complexity index is 630. The van der Waals surface area contributed by atoms with Crippen LogP contribution in [0, 0.1) is 0 Å². The quantitative estimate of drug-likeness (QED) is 0.742. The monoisotopic (exact) mass is 402 g/mol. The van der Waals surface area contributed by atoms with Gasteiger partial charge in [0.1, 0.15) is 0 Å². The molecule has 1 saturated heterocycles. The fourth-order valence-corrected chi connectivity index (χ4v) is 4.01. The van der Waals surface area contributed by atoms with Crippen molar-refractivity contribution in [3.63, 3.8) is 0 Å². The lowest BCUT2D eigenvalue weighted by Gasteiger charge is -2.31. The Morgan fingerprint density at radius 3 is 2.20 bits per heavy atom. The number of hydrogen-bond donors (Lipinski definition) is 1. The zero-order chi connectivity index (χ0) is 17.8. The second kappa shape index (κ2) is 9.18. The van der Waals surface area contributed by atoms with Crippen LogP contribution < -0.4 is 5.73 Å². The second-order valence-corrected chi connectivity index (χ2v) is 7.58. The van der Waals surface area contributed by atoms with Gasteiger partial charge in [0.15, 0.2) is 0 Å². The van der Waals surface area contributed by atoms with Crippen LogP contribution in [0.15, 0.2) is 29.2 Å². The van der Waals surface area contributed by atoms with Crippen molar-refractivity contribution in [1.29, 1.82) is 0 Å². The van der Waals surface area contributed by atoms with Crippen LogP contribution in [-0.2, 0) is 20.9 Å². The van der Waals surface area contributed by atoms with E-state index in [2.05, 4.69) is 0 Å². The van der Waals surface area contributed by atoms with Gasteiger partial charge in [0, 0.05) is 19.7 Å². The molecule has 0 aromatic heterocycles. The summed E-state index contributed by atoms with van der Waals surface area (Å²) in [6.07, 6.45) is -2.61. The molecule has 0 radical (unpaired) electrons. The average Bonchev–Trinajstić information content (AvgIpc) is 2.55. The first-order chi connectivity index (χ1) is 11.2. The van der Waals surface area contributed by atoms with Crippen LogP contribution in [0.5, 0.6) is 0 Å². The number of benzene rings is 1. The van der Waals surface area contributed by atoms with Gasteiger partial charge >= 0.3 is 6.18 Å². The van der Waals surface area contributed by atoms with Gasteiger partial charge in [0.2, 0.25) is 10.0 Å². The SMILES string of the molecule is Cl.NCCCOC1CCN(S(=O)(=O)c2ccc(C(F)(F)F)cc2)CC1. The number of sulfonamides is 1. The molecule has 2 rings (SSSR count). The Hall–Kier alpha value is -0.870. The van der Waals surface area contributed by atoms with E-state index in [9.17, 15) is 21.6 Å². The molecule has 1 aliphatic rings. The van der Waals surface area contributed by atoms with Crippen molar-refractivity contribution in [2.45, 2.75) is 36.4 Å². The summed E-state index contributed by atoms with van der Waals surface area (Å²) in [5.41, 5.74) is 4.52. The highest BCUT2D eigenvalue weighted by atomic mass is 35.5. The Morgan fingerprint density at radius 1 is 1.16 bits per heavy atom. The molecule has 0 atom stereocenters. The third-order valence-electron chi connectivity index (χ3n) is 3.92. The van der Waals surface area contributed by atoms with Crippen molar-refractivity contribution in [2.24, 2.45) is 5.73 Å².